The van der Waals surface area contributed by atoms with Gasteiger partial charge in [-0.1, -0.05) is 30.3 Å². The second kappa shape index (κ2) is 7.28. The van der Waals surface area contributed by atoms with E-state index in [2.05, 4.69) is 10.4 Å². The molecule has 9 nitrogen and oxygen atoms in total. The van der Waals surface area contributed by atoms with E-state index in [9.17, 15) is 19.7 Å². The number of nitrogens with one attached hydrogen (secondary N) is 1. The third-order valence-corrected chi connectivity index (χ3v) is 4.81. The van der Waals surface area contributed by atoms with Gasteiger partial charge in [0.25, 0.3) is 11.6 Å². The third kappa shape index (κ3) is 3.32. The Kier molecular flexibility index (Phi) is 4.63. The van der Waals surface area contributed by atoms with Gasteiger partial charge in [0.05, 0.1) is 11.1 Å². The zero-order valence-electron chi connectivity index (χ0n) is 15.8. The molecule has 4 rings (SSSR count). The Hall–Kier alpha value is -4.27. The molecule has 0 unspecified atom stereocenters. The number of hydrogen-bond donors (Lipinski definition) is 1. The number of carbonyl (C=O) groups excluding carboxylic acids is 2. The molecule has 1 saturated heterocycles. The normalized spacial score (nSPS) is 18.8. The summed E-state index contributed by atoms with van der Waals surface area (Å²) in [5.74, 6) is 0.284. The Morgan fingerprint density at radius 3 is 2.43 bits per heavy atom. The van der Waals surface area contributed by atoms with Gasteiger partial charge in [-0.25, -0.2) is 4.79 Å². The highest BCUT2D eigenvalue weighted by Crippen LogP contribution is 2.29. The van der Waals surface area contributed by atoms with E-state index in [1.807, 2.05) is 6.07 Å². The second-order valence-corrected chi connectivity index (χ2v) is 6.79. The quantitative estimate of drug-likeness (QED) is 0.301. The molecule has 0 aliphatic carbocycles. The summed E-state index contributed by atoms with van der Waals surface area (Å²) in [6, 6.07) is 17.5. The van der Waals surface area contributed by atoms with Crippen LogP contribution < -0.4 is 5.32 Å². The number of furan rings is 1. The molecule has 1 atom stereocenters. The van der Waals surface area contributed by atoms with Crippen molar-refractivity contribution in [1.29, 1.82) is 0 Å². The minimum atomic E-state index is -1.21. The zero-order chi connectivity index (χ0) is 21.3. The molecule has 1 aliphatic rings. The average Bonchev–Trinajstić information content (AvgIpc) is 3.31. The van der Waals surface area contributed by atoms with Gasteiger partial charge in [-0.3, -0.25) is 14.9 Å². The third-order valence-electron chi connectivity index (χ3n) is 4.81. The van der Waals surface area contributed by atoms with E-state index in [0.717, 1.165) is 5.01 Å². The summed E-state index contributed by atoms with van der Waals surface area (Å²) in [4.78, 5) is 35.4. The Labute approximate surface area is 170 Å². The molecule has 0 spiro atoms. The number of hydrazone groups is 1. The van der Waals surface area contributed by atoms with Gasteiger partial charge in [0.15, 0.2) is 0 Å². The molecule has 150 valence electrons. The number of hydrogen-bond acceptors (Lipinski definition) is 6. The molecule has 2 heterocycles. The highest BCUT2D eigenvalue weighted by Gasteiger charge is 2.49. The molecule has 0 bridgehead atoms. The zero-order valence-corrected chi connectivity index (χ0v) is 15.8. The molecule has 3 aromatic rings. The molecule has 1 aromatic heterocycles. The van der Waals surface area contributed by atoms with Crippen molar-refractivity contribution in [3.63, 3.8) is 0 Å². The molecule has 3 amide bonds. The van der Waals surface area contributed by atoms with Gasteiger partial charge in [0.2, 0.25) is 0 Å². The molecule has 1 fully saturated rings. The molecule has 1 aliphatic heterocycles. The number of benzene rings is 2. The van der Waals surface area contributed by atoms with Gasteiger partial charge < -0.3 is 9.73 Å². The molecule has 0 saturated carbocycles. The van der Waals surface area contributed by atoms with Crippen molar-refractivity contribution in [3.8, 4) is 11.3 Å². The van der Waals surface area contributed by atoms with E-state index in [-0.39, 0.29) is 5.69 Å². The minimum Gasteiger partial charge on any atom is -0.455 e. The molecule has 9 heteroatoms. The van der Waals surface area contributed by atoms with Crippen molar-refractivity contribution in [2.75, 3.05) is 0 Å². The van der Waals surface area contributed by atoms with E-state index in [1.165, 1.54) is 18.3 Å². The predicted octanol–water partition coefficient (Wildman–Crippen LogP) is 3.66. The molecule has 1 N–H and O–H groups in total. The van der Waals surface area contributed by atoms with Gasteiger partial charge in [-0.05, 0) is 36.8 Å². The number of carbonyl (C=O) groups is 2. The van der Waals surface area contributed by atoms with Crippen LogP contribution in [-0.4, -0.2) is 28.1 Å². The SMILES string of the molecule is C[C@]1(c2ccccc2)NC(=O)N(/N=C\c2ccc(-c3ccc([N+](=O)[O-])cc3)o2)C1=O. The van der Waals surface area contributed by atoms with Crippen molar-refractivity contribution in [2.45, 2.75) is 12.5 Å². The van der Waals surface area contributed by atoms with Crippen molar-refractivity contribution < 1.29 is 18.9 Å². The highest BCUT2D eigenvalue weighted by atomic mass is 16.6. The minimum absolute atomic E-state index is 0.0212. The average molecular weight is 404 g/mol. The summed E-state index contributed by atoms with van der Waals surface area (Å²) in [7, 11) is 0. The van der Waals surface area contributed by atoms with Crippen molar-refractivity contribution in [3.05, 3.63) is 88.2 Å². The molecule has 30 heavy (non-hydrogen) atoms. The lowest BCUT2D eigenvalue weighted by Gasteiger charge is -2.20. The fourth-order valence-corrected chi connectivity index (χ4v) is 3.14. The van der Waals surface area contributed by atoms with Crippen LogP contribution in [0.3, 0.4) is 0 Å². The van der Waals surface area contributed by atoms with Crippen LogP contribution in [0.5, 0.6) is 0 Å². The smallest absolute Gasteiger partial charge is 0.346 e. The first-order valence-corrected chi connectivity index (χ1v) is 8.99. The Balaban J connectivity index is 1.52. The molecular formula is C21H16N4O5. The number of nitrogens with zero attached hydrogens (tertiary/aromatic N) is 3. The van der Waals surface area contributed by atoms with Crippen LogP contribution in [0.4, 0.5) is 10.5 Å². The standard InChI is InChI=1S/C21H16N4O5/c1-21(15-5-3-2-4-6-15)19(26)24(20(27)23-21)22-13-17-11-12-18(30-17)14-7-9-16(10-8-14)25(28)29/h2-13H,1H3,(H,23,27)/b22-13-/t21-/m1/s1. The number of rotatable bonds is 5. The molecule has 0 radical (unpaired) electrons. The van der Waals surface area contributed by atoms with Crippen LogP contribution in [0.1, 0.15) is 18.2 Å². The van der Waals surface area contributed by atoms with E-state index >= 15 is 0 Å². The highest BCUT2D eigenvalue weighted by molar-refractivity contribution is 6.07. The second-order valence-electron chi connectivity index (χ2n) is 6.79. The summed E-state index contributed by atoms with van der Waals surface area (Å²) < 4.78 is 5.65. The largest absolute Gasteiger partial charge is 0.455 e. The number of nitro benzene ring substituents is 1. The Morgan fingerprint density at radius 2 is 1.77 bits per heavy atom. The summed E-state index contributed by atoms with van der Waals surface area (Å²) in [6.45, 7) is 1.62. The Morgan fingerprint density at radius 1 is 1.07 bits per heavy atom. The van der Waals surface area contributed by atoms with Gasteiger partial charge in [-0.15, -0.1) is 5.01 Å². The fourth-order valence-electron chi connectivity index (χ4n) is 3.14. The van der Waals surface area contributed by atoms with Crippen LogP contribution in [0.2, 0.25) is 0 Å². The van der Waals surface area contributed by atoms with Crippen LogP contribution in [0.15, 0.2) is 76.2 Å². The number of non-ortho nitro benzene ring substituents is 1. The summed E-state index contributed by atoms with van der Waals surface area (Å²) in [5.41, 5.74) is 0.0708. The number of imide groups is 1. The van der Waals surface area contributed by atoms with E-state index < -0.39 is 22.4 Å². The maximum absolute atomic E-state index is 12.8. The van der Waals surface area contributed by atoms with Crippen LogP contribution >= 0.6 is 0 Å². The topological polar surface area (TPSA) is 118 Å². The van der Waals surface area contributed by atoms with Gasteiger partial charge in [0, 0.05) is 17.7 Å². The first kappa shape index (κ1) is 19.1. The van der Waals surface area contributed by atoms with Crippen LogP contribution in [0.25, 0.3) is 11.3 Å². The first-order chi connectivity index (χ1) is 14.4. The number of nitro groups is 1. The predicted molar refractivity (Wildman–Crippen MR) is 108 cm³/mol. The summed E-state index contributed by atoms with van der Waals surface area (Å²) in [6.07, 6.45) is 1.27. The van der Waals surface area contributed by atoms with Crippen LogP contribution in [-0.2, 0) is 10.3 Å². The summed E-state index contributed by atoms with van der Waals surface area (Å²) in [5, 5.41) is 18.2. The van der Waals surface area contributed by atoms with E-state index in [0.29, 0.717) is 22.6 Å². The maximum atomic E-state index is 12.8. The lowest BCUT2D eigenvalue weighted by Crippen LogP contribution is -2.40. The van der Waals surface area contributed by atoms with Gasteiger partial charge in [-0.2, -0.15) is 5.10 Å². The lowest BCUT2D eigenvalue weighted by molar-refractivity contribution is -0.384. The van der Waals surface area contributed by atoms with Gasteiger partial charge in [0.1, 0.15) is 17.1 Å². The fraction of sp³-hybridized carbons (Fsp3) is 0.0952. The van der Waals surface area contributed by atoms with Crippen molar-refractivity contribution >= 4 is 23.8 Å². The van der Waals surface area contributed by atoms with E-state index in [1.54, 1.807) is 55.5 Å². The van der Waals surface area contributed by atoms with Crippen molar-refractivity contribution in [2.24, 2.45) is 5.10 Å². The summed E-state index contributed by atoms with van der Waals surface area (Å²) >= 11 is 0. The lowest BCUT2D eigenvalue weighted by atomic mass is 9.92. The first-order valence-electron chi connectivity index (χ1n) is 8.99. The monoisotopic (exact) mass is 404 g/mol. The molecule has 2 aromatic carbocycles. The number of amides is 3. The van der Waals surface area contributed by atoms with Crippen molar-refractivity contribution in [1.82, 2.24) is 10.3 Å². The van der Waals surface area contributed by atoms with Crippen LogP contribution in [0, 0.1) is 10.1 Å². The Bertz CT molecular complexity index is 1150. The van der Waals surface area contributed by atoms with E-state index in [4.69, 9.17) is 4.42 Å². The molecular weight excluding hydrogens is 388 g/mol. The maximum Gasteiger partial charge on any atom is 0.346 e. The van der Waals surface area contributed by atoms with Gasteiger partial charge >= 0.3 is 6.03 Å². The number of urea groups is 1.